The second-order valence-corrected chi connectivity index (χ2v) is 9.14. The number of ether oxygens (including phenoxy) is 2. The van der Waals surface area contributed by atoms with Crippen LogP contribution in [0.1, 0.15) is 29.8 Å². The average Bonchev–Trinajstić information content (AvgIpc) is 3.38. The van der Waals surface area contributed by atoms with Crippen LogP contribution in [0.15, 0.2) is 36.4 Å². The zero-order valence-corrected chi connectivity index (χ0v) is 21.2. The number of methoxy groups -OCH3 is 1. The molecule has 2 aromatic carbocycles. The third-order valence-electron chi connectivity index (χ3n) is 6.42. The summed E-state index contributed by atoms with van der Waals surface area (Å²) in [5.41, 5.74) is 5.82. The molecule has 4 aromatic rings. The maximum atomic E-state index is 5.90. The number of nitrogens with one attached hydrogen (secondary N) is 1. The largest absolute Gasteiger partial charge is 0.497 e. The number of benzene rings is 2. The molecule has 2 aromatic heterocycles. The molecule has 1 N–H and O–H groups in total. The molecular weight excluding hydrogens is 454 g/mol. The summed E-state index contributed by atoms with van der Waals surface area (Å²) in [5.74, 6) is 2.90. The molecule has 0 spiro atoms. The molecule has 0 amide bonds. The number of aromatic nitrogens is 5. The van der Waals surface area contributed by atoms with Crippen LogP contribution in [0.25, 0.3) is 22.2 Å². The molecule has 0 saturated carbocycles. The highest BCUT2D eigenvalue weighted by molar-refractivity contribution is 5.85. The third kappa shape index (κ3) is 5.36. The maximum absolute atomic E-state index is 5.90. The summed E-state index contributed by atoms with van der Waals surface area (Å²) >= 11 is 0. The Balaban J connectivity index is 1.35. The summed E-state index contributed by atoms with van der Waals surface area (Å²) in [5, 5.41) is 11.9. The maximum Gasteiger partial charge on any atom is 0.248 e. The monoisotopic (exact) mass is 485 g/mol. The third-order valence-corrected chi connectivity index (χ3v) is 6.42. The van der Waals surface area contributed by atoms with E-state index in [0.717, 1.165) is 58.7 Å². The van der Waals surface area contributed by atoms with E-state index in [1.165, 1.54) is 12.8 Å². The number of anilines is 2. The summed E-state index contributed by atoms with van der Waals surface area (Å²) in [6.07, 6.45) is 2.53. The van der Waals surface area contributed by atoms with Crippen LogP contribution in [0.2, 0.25) is 0 Å². The van der Waals surface area contributed by atoms with Gasteiger partial charge < -0.3 is 14.8 Å². The number of aryl methyl sites for hydroxylation is 3. The van der Waals surface area contributed by atoms with Gasteiger partial charge in [0.15, 0.2) is 0 Å². The molecule has 0 bridgehead atoms. The zero-order valence-electron chi connectivity index (χ0n) is 21.2. The summed E-state index contributed by atoms with van der Waals surface area (Å²) in [7, 11) is 1.67. The van der Waals surface area contributed by atoms with Gasteiger partial charge in [0.25, 0.3) is 0 Å². The van der Waals surface area contributed by atoms with Crippen molar-refractivity contribution in [1.82, 2.24) is 30.0 Å². The Kier molecular flexibility index (Phi) is 6.90. The van der Waals surface area contributed by atoms with E-state index in [4.69, 9.17) is 14.5 Å². The predicted molar refractivity (Wildman–Crippen MR) is 140 cm³/mol. The number of hydrogen-bond acceptors (Lipinski definition) is 9. The van der Waals surface area contributed by atoms with Gasteiger partial charge in [-0.25, -0.2) is 9.97 Å². The van der Waals surface area contributed by atoms with Crippen LogP contribution in [0, 0.1) is 20.8 Å². The van der Waals surface area contributed by atoms with Crippen molar-refractivity contribution >= 4 is 22.8 Å². The fourth-order valence-electron chi connectivity index (χ4n) is 4.54. The van der Waals surface area contributed by atoms with Crippen LogP contribution in [0.4, 0.5) is 11.8 Å². The zero-order chi connectivity index (χ0) is 25.1. The highest BCUT2D eigenvalue weighted by Crippen LogP contribution is 2.31. The quantitative estimate of drug-likeness (QED) is 0.383. The average molecular weight is 486 g/mol. The first kappa shape index (κ1) is 23.9. The Morgan fingerprint density at radius 2 is 1.75 bits per heavy atom. The second-order valence-electron chi connectivity index (χ2n) is 9.14. The van der Waals surface area contributed by atoms with E-state index in [-0.39, 0.29) is 0 Å². The van der Waals surface area contributed by atoms with Crippen molar-refractivity contribution in [3.8, 4) is 22.8 Å². The van der Waals surface area contributed by atoms with Crippen molar-refractivity contribution in [1.29, 1.82) is 0 Å². The molecule has 5 rings (SSSR count). The van der Waals surface area contributed by atoms with E-state index in [9.17, 15) is 0 Å². The summed E-state index contributed by atoms with van der Waals surface area (Å²) in [4.78, 5) is 16.0. The first-order valence-corrected chi connectivity index (χ1v) is 12.3. The molecule has 0 radical (unpaired) electrons. The van der Waals surface area contributed by atoms with Crippen LogP contribution in [-0.4, -0.2) is 63.4 Å². The summed E-state index contributed by atoms with van der Waals surface area (Å²) in [6, 6.07) is 11.9. The van der Waals surface area contributed by atoms with Crippen molar-refractivity contribution in [2.45, 2.75) is 33.6 Å². The molecule has 9 nitrogen and oxygen atoms in total. The SMILES string of the molecule is COc1ccc(C)c(-c2cc(C)c3nc(Nc4cc(OCCN5CCCC5)nc(C)n4)nnc3c2)c1. The molecule has 3 heterocycles. The highest BCUT2D eigenvalue weighted by Gasteiger charge is 2.13. The van der Waals surface area contributed by atoms with Gasteiger partial charge in [0.2, 0.25) is 11.8 Å². The van der Waals surface area contributed by atoms with Crippen molar-refractivity contribution in [3.05, 3.63) is 53.3 Å². The number of rotatable bonds is 8. The molecule has 36 heavy (non-hydrogen) atoms. The summed E-state index contributed by atoms with van der Waals surface area (Å²) in [6.45, 7) is 9.74. The normalized spacial score (nSPS) is 13.8. The Morgan fingerprint density at radius 1 is 0.917 bits per heavy atom. The minimum Gasteiger partial charge on any atom is -0.497 e. The molecule has 1 fully saturated rings. The second kappa shape index (κ2) is 10.4. The van der Waals surface area contributed by atoms with Crippen molar-refractivity contribution in [2.75, 3.05) is 38.7 Å². The van der Waals surface area contributed by atoms with E-state index in [1.807, 2.05) is 32.0 Å². The van der Waals surface area contributed by atoms with Gasteiger partial charge in [0.1, 0.15) is 29.5 Å². The van der Waals surface area contributed by atoms with Crippen molar-refractivity contribution in [2.24, 2.45) is 0 Å². The van der Waals surface area contributed by atoms with Gasteiger partial charge in [0, 0.05) is 12.6 Å². The van der Waals surface area contributed by atoms with Gasteiger partial charge in [-0.15, -0.1) is 10.2 Å². The lowest BCUT2D eigenvalue weighted by Crippen LogP contribution is -2.25. The molecule has 0 unspecified atom stereocenters. The standard InChI is InChI=1S/C27H31N7O2/c1-17-7-8-21(35-4)15-22(17)20-13-18(2)26-23(14-20)32-33-27(31-26)30-24-16-25(29-19(3)28-24)36-12-11-34-9-5-6-10-34/h7-8,13-16H,5-6,9-12H2,1-4H3,(H,28,29,30,31,33). The molecule has 186 valence electrons. The van der Waals surface area contributed by atoms with Gasteiger partial charge in [-0.05, 0) is 93.2 Å². The topological polar surface area (TPSA) is 98.2 Å². The molecule has 1 aliphatic heterocycles. The van der Waals surface area contributed by atoms with Crippen LogP contribution in [0.3, 0.4) is 0 Å². The summed E-state index contributed by atoms with van der Waals surface area (Å²) < 4.78 is 11.3. The van der Waals surface area contributed by atoms with E-state index in [2.05, 4.69) is 49.4 Å². The smallest absolute Gasteiger partial charge is 0.248 e. The lowest BCUT2D eigenvalue weighted by molar-refractivity contribution is 0.231. The van der Waals surface area contributed by atoms with Gasteiger partial charge in [-0.2, -0.15) is 4.98 Å². The van der Waals surface area contributed by atoms with E-state index in [0.29, 0.717) is 30.1 Å². The Hall–Kier alpha value is -3.85. The van der Waals surface area contributed by atoms with Crippen LogP contribution in [-0.2, 0) is 0 Å². The Labute approximate surface area is 210 Å². The molecular formula is C27H31N7O2. The van der Waals surface area contributed by atoms with E-state index in [1.54, 1.807) is 13.2 Å². The first-order chi connectivity index (χ1) is 17.5. The number of likely N-dealkylation sites (tertiary alicyclic amines) is 1. The molecule has 9 heteroatoms. The van der Waals surface area contributed by atoms with E-state index >= 15 is 0 Å². The lowest BCUT2D eigenvalue weighted by atomic mass is 9.98. The van der Waals surface area contributed by atoms with Crippen LogP contribution < -0.4 is 14.8 Å². The Bertz CT molecular complexity index is 1390. The Morgan fingerprint density at radius 3 is 2.56 bits per heavy atom. The van der Waals surface area contributed by atoms with Crippen LogP contribution >= 0.6 is 0 Å². The van der Waals surface area contributed by atoms with Crippen LogP contribution in [0.5, 0.6) is 11.6 Å². The first-order valence-electron chi connectivity index (χ1n) is 12.3. The fourth-order valence-corrected chi connectivity index (χ4v) is 4.54. The molecule has 1 aliphatic rings. The van der Waals surface area contributed by atoms with Gasteiger partial charge in [0.05, 0.1) is 12.6 Å². The minimum absolute atomic E-state index is 0.372. The number of nitrogens with zero attached hydrogens (tertiary/aromatic N) is 6. The number of hydrogen-bond donors (Lipinski definition) is 1. The number of fused-ring (bicyclic) bond motifs is 1. The highest BCUT2D eigenvalue weighted by atomic mass is 16.5. The lowest BCUT2D eigenvalue weighted by Gasteiger charge is -2.15. The fraction of sp³-hybridized carbons (Fsp3) is 0.370. The van der Waals surface area contributed by atoms with Crippen molar-refractivity contribution in [3.63, 3.8) is 0 Å². The molecule has 0 aliphatic carbocycles. The van der Waals surface area contributed by atoms with Gasteiger partial charge in [-0.1, -0.05) is 6.07 Å². The van der Waals surface area contributed by atoms with E-state index < -0.39 is 0 Å². The minimum atomic E-state index is 0.372. The molecule has 1 saturated heterocycles. The van der Waals surface area contributed by atoms with Gasteiger partial charge in [-0.3, -0.25) is 4.90 Å². The van der Waals surface area contributed by atoms with Crippen molar-refractivity contribution < 1.29 is 9.47 Å². The predicted octanol–water partition coefficient (Wildman–Crippen LogP) is 4.63. The van der Waals surface area contributed by atoms with Gasteiger partial charge >= 0.3 is 0 Å². The molecule has 0 atom stereocenters.